The van der Waals surface area contributed by atoms with E-state index in [0.717, 1.165) is 5.75 Å². The highest BCUT2D eigenvalue weighted by atomic mass is 32.3. The zero-order chi connectivity index (χ0) is 5.28. The molecule has 0 radical (unpaired) electrons. The third-order valence-corrected chi connectivity index (χ3v) is 4.74. The van der Waals surface area contributed by atoms with E-state index in [9.17, 15) is 0 Å². The van der Waals surface area contributed by atoms with Crippen molar-refractivity contribution in [2.45, 2.75) is 8.50 Å². The van der Waals surface area contributed by atoms with Crippen molar-refractivity contribution < 1.29 is 0 Å². The van der Waals surface area contributed by atoms with Crippen molar-refractivity contribution >= 4 is 48.8 Å². The van der Waals surface area contributed by atoms with Crippen LogP contribution in [0.4, 0.5) is 0 Å². The first-order chi connectivity index (χ1) is 3.29. The first-order valence-electron chi connectivity index (χ1n) is 1.92. The third kappa shape index (κ3) is 2.00. The fourth-order valence-electron chi connectivity index (χ4n) is 0.378. The molecule has 2 unspecified atom stereocenters. The van der Waals surface area contributed by atoms with Crippen LogP contribution in [0.2, 0.25) is 0 Å². The van der Waals surface area contributed by atoms with Crippen LogP contribution in [0.3, 0.4) is 0 Å². The summed E-state index contributed by atoms with van der Waals surface area (Å²) in [4.78, 5) is 0. The molecule has 0 aromatic heterocycles. The highest BCUT2D eigenvalue weighted by Crippen LogP contribution is 2.41. The molecule has 1 saturated heterocycles. The van der Waals surface area contributed by atoms with Crippen LogP contribution >= 0.6 is 48.8 Å². The van der Waals surface area contributed by atoms with Gasteiger partial charge in [0.25, 0.3) is 0 Å². The predicted octanol–water partition coefficient (Wildman–Crippen LogP) is 1.94. The Kier molecular flexibility index (Phi) is 2.61. The van der Waals surface area contributed by atoms with E-state index in [2.05, 4.69) is 25.3 Å². The van der Waals surface area contributed by atoms with Gasteiger partial charge in [0.05, 0.1) is 8.50 Å². The molecule has 0 aromatic carbocycles. The minimum Gasteiger partial charge on any atom is -0.164 e. The second-order valence-corrected chi connectivity index (χ2v) is 6.17. The van der Waals surface area contributed by atoms with Crippen molar-refractivity contribution in [1.82, 2.24) is 0 Å². The fraction of sp³-hybridized carbons (Fsp3) is 1.00. The molecule has 0 aliphatic carbocycles. The van der Waals surface area contributed by atoms with E-state index in [1.807, 2.05) is 23.5 Å². The van der Waals surface area contributed by atoms with Crippen LogP contribution in [0.5, 0.6) is 0 Å². The summed E-state index contributed by atoms with van der Waals surface area (Å²) in [6.45, 7) is 0. The molecule has 42 valence electrons. The molecule has 2 atom stereocenters. The fourth-order valence-corrected chi connectivity index (χ4v) is 4.34. The molecule has 7 heavy (non-hydrogen) atoms. The maximum absolute atomic E-state index is 4.24. The van der Waals surface area contributed by atoms with E-state index in [1.165, 1.54) is 0 Å². The summed E-state index contributed by atoms with van der Waals surface area (Å²) < 4.78 is 0.995. The lowest BCUT2D eigenvalue weighted by molar-refractivity contribution is 1.49. The molecule has 0 amide bonds. The van der Waals surface area contributed by atoms with Crippen molar-refractivity contribution in [3.63, 3.8) is 0 Å². The average Bonchev–Trinajstić information content (AvgIpc) is 1.87. The predicted molar refractivity (Wildman–Crippen MR) is 45.6 cm³/mol. The zero-order valence-electron chi connectivity index (χ0n) is 3.57. The molecule has 0 nitrogen and oxygen atoms in total. The van der Waals surface area contributed by atoms with Crippen LogP contribution in [-0.2, 0) is 0 Å². The van der Waals surface area contributed by atoms with E-state index in [4.69, 9.17) is 0 Å². The third-order valence-electron chi connectivity index (χ3n) is 0.655. The summed E-state index contributed by atoms with van der Waals surface area (Å²) in [5, 5.41) is 0. The Morgan fingerprint density at radius 2 is 2.14 bits per heavy atom. The van der Waals surface area contributed by atoms with Gasteiger partial charge in [0.15, 0.2) is 0 Å². The van der Waals surface area contributed by atoms with Gasteiger partial charge in [-0.25, -0.2) is 0 Å². The van der Waals surface area contributed by atoms with Crippen molar-refractivity contribution in [2.24, 2.45) is 0 Å². The van der Waals surface area contributed by atoms with Crippen molar-refractivity contribution in [2.75, 3.05) is 5.75 Å². The van der Waals surface area contributed by atoms with E-state index in [1.54, 1.807) is 0 Å². The molecular formula is C3H6S4. The number of hydrogen-bond acceptors (Lipinski definition) is 4. The van der Waals surface area contributed by atoms with Gasteiger partial charge >= 0.3 is 0 Å². The van der Waals surface area contributed by atoms with Crippen molar-refractivity contribution in [1.29, 1.82) is 0 Å². The molecule has 1 rings (SSSR count). The minimum atomic E-state index is 0.475. The Balaban J connectivity index is 2.26. The molecule has 0 N–H and O–H groups in total. The zero-order valence-corrected chi connectivity index (χ0v) is 6.99. The maximum Gasteiger partial charge on any atom is 0.0939 e. The van der Waals surface area contributed by atoms with Crippen molar-refractivity contribution in [3.05, 3.63) is 0 Å². The van der Waals surface area contributed by atoms with E-state index < -0.39 is 0 Å². The van der Waals surface area contributed by atoms with Gasteiger partial charge in [-0.3, -0.25) is 0 Å². The van der Waals surface area contributed by atoms with E-state index >= 15 is 0 Å². The van der Waals surface area contributed by atoms with Gasteiger partial charge < -0.3 is 0 Å². The van der Waals surface area contributed by atoms with E-state index in [-0.39, 0.29) is 0 Å². The van der Waals surface area contributed by atoms with Crippen LogP contribution in [0, 0.1) is 0 Å². The summed E-state index contributed by atoms with van der Waals surface area (Å²) in [5.74, 6) is 1.14. The Morgan fingerprint density at radius 3 is 2.29 bits per heavy atom. The van der Waals surface area contributed by atoms with Crippen LogP contribution < -0.4 is 0 Å². The van der Waals surface area contributed by atoms with Crippen LogP contribution in [-0.4, -0.2) is 14.2 Å². The molecule has 1 fully saturated rings. The first kappa shape index (κ1) is 6.52. The summed E-state index contributed by atoms with van der Waals surface area (Å²) in [6, 6.07) is 0. The first-order valence-corrected chi connectivity index (χ1v) is 4.94. The van der Waals surface area contributed by atoms with Gasteiger partial charge in [0.1, 0.15) is 0 Å². The largest absolute Gasteiger partial charge is 0.164 e. The summed E-state index contributed by atoms with van der Waals surface area (Å²) >= 11 is 12.1. The van der Waals surface area contributed by atoms with Gasteiger partial charge in [-0.1, -0.05) is 0 Å². The monoisotopic (exact) mass is 170 g/mol. The van der Waals surface area contributed by atoms with Gasteiger partial charge in [-0.05, 0) is 0 Å². The number of rotatable bonds is 0. The summed E-state index contributed by atoms with van der Waals surface area (Å²) in [6.07, 6.45) is 0. The topological polar surface area (TPSA) is 0 Å². The lowest BCUT2D eigenvalue weighted by Gasteiger charge is -1.94. The normalized spacial score (nSPS) is 42.0. The van der Waals surface area contributed by atoms with Gasteiger partial charge in [0, 0.05) is 5.75 Å². The van der Waals surface area contributed by atoms with Crippen LogP contribution in [0.15, 0.2) is 0 Å². The van der Waals surface area contributed by atoms with E-state index in [0.29, 0.717) is 8.50 Å². The second-order valence-electron chi connectivity index (χ2n) is 1.23. The molecule has 0 spiro atoms. The second kappa shape index (κ2) is 2.80. The quantitative estimate of drug-likeness (QED) is 0.533. The Morgan fingerprint density at radius 1 is 1.43 bits per heavy atom. The SMILES string of the molecule is SC1CSC(S)S1. The molecule has 1 heterocycles. The summed E-state index contributed by atoms with van der Waals surface area (Å²) in [5.41, 5.74) is 0. The van der Waals surface area contributed by atoms with Gasteiger partial charge in [0.2, 0.25) is 0 Å². The molecular weight excluding hydrogens is 164 g/mol. The lowest BCUT2D eigenvalue weighted by atomic mass is 10.9. The molecule has 0 saturated carbocycles. The Labute approximate surface area is 63.0 Å². The standard InChI is InChI=1S/C3H6S4/c4-2-1-6-3(5)7-2/h2-5H,1H2. The van der Waals surface area contributed by atoms with Crippen molar-refractivity contribution in [3.8, 4) is 0 Å². The lowest BCUT2D eigenvalue weighted by Crippen LogP contribution is -1.84. The minimum absolute atomic E-state index is 0.475. The highest BCUT2D eigenvalue weighted by Gasteiger charge is 2.18. The average molecular weight is 170 g/mol. The number of thioether (sulfide) groups is 2. The molecule has 1 aliphatic heterocycles. The highest BCUT2D eigenvalue weighted by molar-refractivity contribution is 8.33. The Bertz CT molecular complexity index is 56.0. The molecule has 1 aliphatic rings. The van der Waals surface area contributed by atoms with Crippen LogP contribution in [0.1, 0.15) is 0 Å². The Hall–Kier alpha value is 1.40. The number of hydrogen-bond donors (Lipinski definition) is 2. The van der Waals surface area contributed by atoms with Gasteiger partial charge in [-0.15, -0.1) is 23.5 Å². The molecule has 0 aromatic rings. The smallest absolute Gasteiger partial charge is 0.0939 e. The van der Waals surface area contributed by atoms with Crippen LogP contribution in [0.25, 0.3) is 0 Å². The van der Waals surface area contributed by atoms with Gasteiger partial charge in [-0.2, -0.15) is 25.3 Å². The summed E-state index contributed by atoms with van der Waals surface area (Å²) in [7, 11) is 0. The molecule has 0 bridgehead atoms. The molecule has 4 heteroatoms. The maximum atomic E-state index is 4.24. The number of thiol groups is 2.